The predicted molar refractivity (Wildman–Crippen MR) is 82.4 cm³/mol. The van der Waals surface area contributed by atoms with E-state index in [2.05, 4.69) is 10.6 Å². The Hall–Kier alpha value is -2.09. The Kier molecular flexibility index (Phi) is 4.93. The van der Waals surface area contributed by atoms with Crippen LogP contribution in [0.25, 0.3) is 0 Å². The van der Waals surface area contributed by atoms with Crippen molar-refractivity contribution >= 4 is 23.3 Å². The Morgan fingerprint density at radius 1 is 1.30 bits per heavy atom. The van der Waals surface area contributed by atoms with Crippen molar-refractivity contribution in [2.75, 3.05) is 6.61 Å². The van der Waals surface area contributed by atoms with Crippen LogP contribution in [0.4, 0.5) is 13.2 Å². The molecular formula is C15H15F3N2O2S. The predicted octanol–water partition coefficient (Wildman–Crippen LogP) is 3.06. The van der Waals surface area contributed by atoms with E-state index in [1.54, 1.807) is 13.8 Å². The maximum absolute atomic E-state index is 12.7. The maximum atomic E-state index is 12.7. The molecule has 0 saturated carbocycles. The van der Waals surface area contributed by atoms with Crippen molar-refractivity contribution in [1.82, 2.24) is 10.6 Å². The smallest absolute Gasteiger partial charge is 0.416 e. The SMILES string of the molecule is CCOC(=O)C1=C(C)NC(=S)N[C@H]1c1ccc(C(F)(F)F)cc1. The Bertz CT molecular complexity index is 654. The molecule has 23 heavy (non-hydrogen) atoms. The monoisotopic (exact) mass is 344 g/mol. The zero-order valence-corrected chi connectivity index (χ0v) is 13.3. The lowest BCUT2D eigenvalue weighted by molar-refractivity contribution is -0.139. The number of alkyl halides is 3. The van der Waals surface area contributed by atoms with E-state index in [4.69, 9.17) is 17.0 Å². The lowest BCUT2D eigenvalue weighted by atomic mass is 9.95. The van der Waals surface area contributed by atoms with E-state index < -0.39 is 23.8 Å². The van der Waals surface area contributed by atoms with Crippen LogP contribution in [0, 0.1) is 0 Å². The third-order valence-corrected chi connectivity index (χ3v) is 3.56. The third kappa shape index (κ3) is 3.82. The number of hydrogen-bond acceptors (Lipinski definition) is 3. The van der Waals surface area contributed by atoms with Gasteiger partial charge in [0.05, 0.1) is 23.8 Å². The van der Waals surface area contributed by atoms with Crippen LogP contribution in [-0.4, -0.2) is 17.7 Å². The third-order valence-electron chi connectivity index (χ3n) is 3.34. The van der Waals surface area contributed by atoms with Gasteiger partial charge in [-0.25, -0.2) is 4.79 Å². The summed E-state index contributed by atoms with van der Waals surface area (Å²) in [5, 5.41) is 6.01. The minimum Gasteiger partial charge on any atom is -0.463 e. The molecule has 0 aliphatic carbocycles. The van der Waals surface area contributed by atoms with Gasteiger partial charge in [-0.3, -0.25) is 0 Å². The number of rotatable bonds is 3. The Labute approximate surface area is 136 Å². The van der Waals surface area contributed by atoms with Crippen molar-refractivity contribution in [2.24, 2.45) is 0 Å². The lowest BCUT2D eigenvalue weighted by Gasteiger charge is -2.30. The molecule has 0 saturated heterocycles. The Balaban J connectivity index is 2.40. The number of allylic oxidation sites excluding steroid dienone is 1. The highest BCUT2D eigenvalue weighted by Gasteiger charge is 2.33. The summed E-state index contributed by atoms with van der Waals surface area (Å²) in [7, 11) is 0. The van der Waals surface area contributed by atoms with Crippen LogP contribution in [0.5, 0.6) is 0 Å². The maximum Gasteiger partial charge on any atom is 0.416 e. The second kappa shape index (κ2) is 6.57. The summed E-state index contributed by atoms with van der Waals surface area (Å²) in [6, 6.07) is 3.92. The van der Waals surface area contributed by atoms with E-state index in [1.165, 1.54) is 12.1 Å². The van der Waals surface area contributed by atoms with Gasteiger partial charge in [0.25, 0.3) is 0 Å². The van der Waals surface area contributed by atoms with Gasteiger partial charge in [0.15, 0.2) is 5.11 Å². The number of thiocarbonyl (C=S) groups is 1. The van der Waals surface area contributed by atoms with Crippen molar-refractivity contribution in [3.8, 4) is 0 Å². The molecule has 4 nitrogen and oxygen atoms in total. The second-order valence-corrected chi connectivity index (χ2v) is 5.32. The van der Waals surface area contributed by atoms with E-state index in [0.29, 0.717) is 21.9 Å². The fourth-order valence-corrected chi connectivity index (χ4v) is 2.56. The van der Waals surface area contributed by atoms with Gasteiger partial charge >= 0.3 is 12.1 Å². The molecule has 1 heterocycles. The summed E-state index contributed by atoms with van der Waals surface area (Å²) in [6.07, 6.45) is -4.41. The van der Waals surface area contributed by atoms with Gasteiger partial charge < -0.3 is 15.4 Å². The highest BCUT2D eigenvalue weighted by molar-refractivity contribution is 7.80. The van der Waals surface area contributed by atoms with Crippen LogP contribution < -0.4 is 10.6 Å². The number of esters is 1. The topological polar surface area (TPSA) is 50.4 Å². The highest BCUT2D eigenvalue weighted by Crippen LogP contribution is 2.32. The Morgan fingerprint density at radius 3 is 2.43 bits per heavy atom. The van der Waals surface area contributed by atoms with Crippen LogP contribution >= 0.6 is 12.2 Å². The minimum absolute atomic E-state index is 0.194. The van der Waals surface area contributed by atoms with Gasteiger partial charge in [-0.2, -0.15) is 13.2 Å². The van der Waals surface area contributed by atoms with Crippen LogP contribution in [0.1, 0.15) is 31.0 Å². The van der Waals surface area contributed by atoms with Crippen molar-refractivity contribution in [3.05, 3.63) is 46.7 Å². The van der Waals surface area contributed by atoms with E-state index >= 15 is 0 Å². The zero-order valence-electron chi connectivity index (χ0n) is 12.5. The first-order chi connectivity index (χ1) is 10.7. The van der Waals surface area contributed by atoms with Gasteiger partial charge in [0, 0.05) is 5.70 Å². The quantitative estimate of drug-likeness (QED) is 0.652. The van der Waals surface area contributed by atoms with E-state index in [-0.39, 0.29) is 6.61 Å². The molecule has 1 aromatic carbocycles. The number of hydrogen-bond donors (Lipinski definition) is 2. The summed E-state index contributed by atoms with van der Waals surface area (Å²) in [5.41, 5.74) is 0.540. The lowest BCUT2D eigenvalue weighted by Crippen LogP contribution is -2.45. The van der Waals surface area contributed by atoms with Crippen LogP contribution in [0.2, 0.25) is 0 Å². The normalized spacial score (nSPS) is 18.3. The van der Waals surface area contributed by atoms with Crippen LogP contribution in [0.3, 0.4) is 0 Å². The molecular weight excluding hydrogens is 329 g/mol. The van der Waals surface area contributed by atoms with Gasteiger partial charge in [-0.15, -0.1) is 0 Å². The van der Waals surface area contributed by atoms with Crippen molar-refractivity contribution in [3.63, 3.8) is 0 Å². The number of ether oxygens (including phenoxy) is 1. The molecule has 0 fully saturated rings. The summed E-state index contributed by atoms with van der Waals surface area (Å²) in [6.45, 7) is 3.53. The number of benzene rings is 1. The molecule has 8 heteroatoms. The molecule has 124 valence electrons. The zero-order chi connectivity index (χ0) is 17.2. The largest absolute Gasteiger partial charge is 0.463 e. The first-order valence-electron chi connectivity index (χ1n) is 6.86. The summed E-state index contributed by atoms with van der Waals surface area (Å²) >= 11 is 5.06. The highest BCUT2D eigenvalue weighted by atomic mass is 32.1. The van der Waals surface area contributed by atoms with Crippen molar-refractivity contribution in [2.45, 2.75) is 26.1 Å². The molecule has 1 atom stereocenters. The van der Waals surface area contributed by atoms with Gasteiger partial charge in [-0.05, 0) is 43.8 Å². The molecule has 0 spiro atoms. The molecule has 1 aliphatic rings. The average molecular weight is 344 g/mol. The first-order valence-corrected chi connectivity index (χ1v) is 7.27. The number of carbonyl (C=O) groups excluding carboxylic acids is 1. The molecule has 2 rings (SSSR count). The van der Waals surface area contributed by atoms with E-state index in [1.807, 2.05) is 0 Å². The minimum atomic E-state index is -4.41. The number of nitrogens with one attached hydrogen (secondary N) is 2. The first kappa shape index (κ1) is 17.3. The van der Waals surface area contributed by atoms with Crippen molar-refractivity contribution in [1.29, 1.82) is 0 Å². The van der Waals surface area contributed by atoms with Crippen LogP contribution in [-0.2, 0) is 15.7 Å². The standard InChI is InChI=1S/C15H15F3N2O2S/c1-3-22-13(21)11-8(2)19-14(23)20-12(11)9-4-6-10(7-5-9)15(16,17)18/h4-7,12H,3H2,1-2H3,(H2,19,20,23)/t12-/m0/s1. The molecule has 0 radical (unpaired) electrons. The van der Waals surface area contributed by atoms with Gasteiger partial charge in [0.2, 0.25) is 0 Å². The van der Waals surface area contributed by atoms with Gasteiger partial charge in [-0.1, -0.05) is 12.1 Å². The summed E-state index contributed by atoms with van der Waals surface area (Å²) in [5.74, 6) is -0.544. The summed E-state index contributed by atoms with van der Waals surface area (Å²) in [4.78, 5) is 12.1. The molecule has 0 amide bonds. The fraction of sp³-hybridized carbons (Fsp3) is 0.333. The van der Waals surface area contributed by atoms with E-state index in [0.717, 1.165) is 12.1 Å². The second-order valence-electron chi connectivity index (χ2n) is 4.91. The number of halogens is 3. The summed E-state index contributed by atoms with van der Waals surface area (Å²) < 4.78 is 43.0. The molecule has 1 aromatic rings. The van der Waals surface area contributed by atoms with E-state index in [9.17, 15) is 18.0 Å². The van der Waals surface area contributed by atoms with Crippen molar-refractivity contribution < 1.29 is 22.7 Å². The molecule has 0 unspecified atom stereocenters. The Morgan fingerprint density at radius 2 is 1.91 bits per heavy atom. The molecule has 2 N–H and O–H groups in total. The van der Waals surface area contributed by atoms with Gasteiger partial charge in [0.1, 0.15) is 0 Å². The molecule has 0 aromatic heterocycles. The average Bonchev–Trinajstić information content (AvgIpc) is 2.45. The molecule has 0 bridgehead atoms. The fourth-order valence-electron chi connectivity index (χ4n) is 2.29. The van der Waals surface area contributed by atoms with Crippen LogP contribution in [0.15, 0.2) is 35.5 Å². The molecule has 1 aliphatic heterocycles. The number of carbonyl (C=O) groups is 1.